The summed E-state index contributed by atoms with van der Waals surface area (Å²) >= 11 is 1.40. The van der Waals surface area contributed by atoms with Gasteiger partial charge in [-0.05, 0) is 23.8 Å². The molecule has 6 nitrogen and oxygen atoms in total. The summed E-state index contributed by atoms with van der Waals surface area (Å²) in [4.78, 5) is 31.1. The van der Waals surface area contributed by atoms with Crippen LogP contribution in [0.3, 0.4) is 0 Å². The van der Waals surface area contributed by atoms with Gasteiger partial charge in [-0.1, -0.05) is 41.7 Å². The minimum Gasteiger partial charge on any atom is -0.497 e. The maximum absolute atomic E-state index is 12.6. The Labute approximate surface area is 160 Å². The summed E-state index contributed by atoms with van der Waals surface area (Å²) in [6.07, 6.45) is 0.234. The predicted molar refractivity (Wildman–Crippen MR) is 105 cm³/mol. The number of aromatic nitrogens is 1. The molecule has 4 rings (SSSR count). The number of thiazole rings is 1. The van der Waals surface area contributed by atoms with Crippen molar-refractivity contribution in [1.29, 1.82) is 0 Å². The molecular formula is C20H19N3O3S. The van der Waals surface area contributed by atoms with E-state index in [4.69, 9.17) is 4.74 Å². The van der Waals surface area contributed by atoms with Crippen molar-refractivity contribution in [3.63, 3.8) is 0 Å². The van der Waals surface area contributed by atoms with Crippen LogP contribution in [0.4, 0.5) is 5.13 Å². The molecular weight excluding hydrogens is 362 g/mol. The van der Waals surface area contributed by atoms with Gasteiger partial charge in [0.2, 0.25) is 11.8 Å². The summed E-state index contributed by atoms with van der Waals surface area (Å²) in [6, 6.07) is 15.4. The van der Waals surface area contributed by atoms with Crippen LogP contribution in [-0.2, 0) is 16.1 Å². The summed E-state index contributed by atoms with van der Waals surface area (Å²) in [5.41, 5.74) is 1.87. The van der Waals surface area contributed by atoms with E-state index in [-0.39, 0.29) is 24.2 Å². The largest absolute Gasteiger partial charge is 0.497 e. The van der Waals surface area contributed by atoms with Crippen molar-refractivity contribution < 1.29 is 14.3 Å². The van der Waals surface area contributed by atoms with E-state index < -0.39 is 0 Å². The van der Waals surface area contributed by atoms with E-state index in [9.17, 15) is 9.59 Å². The van der Waals surface area contributed by atoms with Crippen molar-refractivity contribution in [2.45, 2.75) is 13.0 Å². The number of ether oxygens (including phenoxy) is 1. The maximum atomic E-state index is 12.6. The van der Waals surface area contributed by atoms with Gasteiger partial charge in [-0.3, -0.25) is 9.59 Å². The number of anilines is 1. The second-order valence-corrected chi connectivity index (χ2v) is 7.53. The Kier molecular flexibility index (Phi) is 4.77. The van der Waals surface area contributed by atoms with Gasteiger partial charge in [0, 0.05) is 19.5 Å². The first-order valence-electron chi connectivity index (χ1n) is 8.69. The highest BCUT2D eigenvalue weighted by molar-refractivity contribution is 7.22. The van der Waals surface area contributed by atoms with Crippen molar-refractivity contribution in [3.8, 4) is 5.75 Å². The van der Waals surface area contributed by atoms with Gasteiger partial charge in [-0.15, -0.1) is 0 Å². The fourth-order valence-corrected chi connectivity index (χ4v) is 4.09. The Morgan fingerprint density at radius 3 is 2.89 bits per heavy atom. The van der Waals surface area contributed by atoms with Gasteiger partial charge >= 0.3 is 0 Å². The molecule has 1 unspecified atom stereocenters. The predicted octanol–water partition coefficient (Wildman–Crippen LogP) is 3.29. The number of nitrogens with zero attached hydrogens (tertiary/aromatic N) is 2. The Hall–Kier alpha value is -2.93. The Morgan fingerprint density at radius 2 is 2.11 bits per heavy atom. The lowest BCUT2D eigenvalue weighted by molar-refractivity contribution is -0.128. The lowest BCUT2D eigenvalue weighted by atomic mass is 10.1. The molecule has 2 amide bonds. The van der Waals surface area contributed by atoms with Crippen molar-refractivity contribution in [2.75, 3.05) is 19.0 Å². The van der Waals surface area contributed by atoms with Crippen molar-refractivity contribution in [1.82, 2.24) is 9.88 Å². The number of methoxy groups -OCH3 is 1. The fraction of sp³-hybridized carbons (Fsp3) is 0.250. The molecule has 1 saturated heterocycles. The molecule has 0 spiro atoms. The lowest BCUT2D eigenvalue weighted by Crippen LogP contribution is -2.28. The number of rotatable bonds is 5. The highest BCUT2D eigenvalue weighted by atomic mass is 32.1. The second kappa shape index (κ2) is 7.36. The molecule has 2 aromatic carbocycles. The normalized spacial score (nSPS) is 16.7. The van der Waals surface area contributed by atoms with E-state index in [1.807, 2.05) is 48.5 Å². The minimum atomic E-state index is -0.359. The van der Waals surface area contributed by atoms with Crippen LogP contribution in [0.1, 0.15) is 12.0 Å². The minimum absolute atomic E-state index is 0.00744. The molecule has 1 N–H and O–H groups in total. The third-order valence-corrected chi connectivity index (χ3v) is 5.56. The number of hydrogen-bond acceptors (Lipinski definition) is 5. The first-order chi connectivity index (χ1) is 13.1. The highest BCUT2D eigenvalue weighted by Gasteiger charge is 2.34. The molecule has 1 atom stereocenters. The number of fused-ring (bicyclic) bond motifs is 1. The van der Waals surface area contributed by atoms with Crippen LogP contribution >= 0.6 is 11.3 Å². The SMILES string of the molecule is COc1ccc2nc(NC(=O)C3CC(=O)N(Cc4ccccc4)C3)sc2c1. The van der Waals surface area contributed by atoms with Crippen LogP contribution in [0.25, 0.3) is 10.2 Å². The van der Waals surface area contributed by atoms with Gasteiger partial charge in [-0.2, -0.15) is 0 Å². The topological polar surface area (TPSA) is 71.5 Å². The van der Waals surface area contributed by atoms with Crippen molar-refractivity contribution in [2.24, 2.45) is 5.92 Å². The molecule has 1 fully saturated rings. The monoisotopic (exact) mass is 381 g/mol. The van der Waals surface area contributed by atoms with Gasteiger partial charge < -0.3 is 15.0 Å². The van der Waals surface area contributed by atoms with Crippen LogP contribution in [0.2, 0.25) is 0 Å². The number of benzene rings is 2. The number of amides is 2. The summed E-state index contributed by atoms with van der Waals surface area (Å²) in [6.45, 7) is 0.961. The van der Waals surface area contributed by atoms with E-state index >= 15 is 0 Å². The van der Waals surface area contributed by atoms with Crippen LogP contribution in [0, 0.1) is 5.92 Å². The van der Waals surface area contributed by atoms with Crippen LogP contribution in [0.5, 0.6) is 5.75 Å². The maximum Gasteiger partial charge on any atom is 0.231 e. The summed E-state index contributed by atoms with van der Waals surface area (Å²) in [5.74, 6) is 0.239. The summed E-state index contributed by atoms with van der Waals surface area (Å²) in [7, 11) is 1.61. The molecule has 2 heterocycles. The van der Waals surface area contributed by atoms with Gasteiger partial charge in [0.25, 0.3) is 0 Å². The molecule has 27 heavy (non-hydrogen) atoms. The highest BCUT2D eigenvalue weighted by Crippen LogP contribution is 2.30. The first kappa shape index (κ1) is 17.5. The average Bonchev–Trinajstić information content (AvgIpc) is 3.25. The number of carbonyl (C=O) groups is 2. The van der Waals surface area contributed by atoms with E-state index in [2.05, 4.69) is 10.3 Å². The lowest BCUT2D eigenvalue weighted by Gasteiger charge is -2.16. The first-order valence-corrected chi connectivity index (χ1v) is 9.51. The van der Waals surface area contributed by atoms with E-state index in [1.54, 1.807) is 12.0 Å². The standard InChI is InChI=1S/C20H19N3O3S/c1-26-15-7-8-16-17(10-15)27-20(21-16)22-19(25)14-9-18(24)23(12-14)11-13-5-3-2-4-6-13/h2-8,10,14H,9,11-12H2,1H3,(H,21,22,25). The quantitative estimate of drug-likeness (QED) is 0.736. The number of nitrogens with one attached hydrogen (secondary N) is 1. The fourth-order valence-electron chi connectivity index (χ4n) is 3.20. The molecule has 0 saturated carbocycles. The number of likely N-dealkylation sites (tertiary alicyclic amines) is 1. The van der Waals surface area contributed by atoms with Crippen LogP contribution in [0.15, 0.2) is 48.5 Å². The Balaban J connectivity index is 1.42. The summed E-state index contributed by atoms with van der Waals surface area (Å²) in [5, 5.41) is 3.40. The van der Waals surface area contributed by atoms with Crippen LogP contribution < -0.4 is 10.1 Å². The van der Waals surface area contributed by atoms with E-state index in [0.717, 1.165) is 21.5 Å². The zero-order valence-corrected chi connectivity index (χ0v) is 15.7. The molecule has 1 aromatic heterocycles. The average molecular weight is 381 g/mol. The third-order valence-electron chi connectivity index (χ3n) is 4.63. The van der Waals surface area contributed by atoms with Gasteiger partial charge in [-0.25, -0.2) is 4.98 Å². The molecule has 1 aliphatic rings. The van der Waals surface area contributed by atoms with E-state index in [1.165, 1.54) is 11.3 Å². The number of carbonyl (C=O) groups excluding carboxylic acids is 2. The second-order valence-electron chi connectivity index (χ2n) is 6.50. The van der Waals surface area contributed by atoms with Gasteiger partial charge in [0.05, 0.1) is 23.2 Å². The molecule has 0 bridgehead atoms. The molecule has 0 aliphatic carbocycles. The van der Waals surface area contributed by atoms with Gasteiger partial charge in [0.15, 0.2) is 5.13 Å². The smallest absolute Gasteiger partial charge is 0.231 e. The van der Waals surface area contributed by atoms with Crippen molar-refractivity contribution in [3.05, 3.63) is 54.1 Å². The van der Waals surface area contributed by atoms with Crippen LogP contribution in [-0.4, -0.2) is 35.4 Å². The molecule has 7 heteroatoms. The molecule has 0 radical (unpaired) electrons. The zero-order valence-electron chi connectivity index (χ0n) is 14.8. The third kappa shape index (κ3) is 3.78. The Bertz CT molecular complexity index is 987. The number of hydrogen-bond donors (Lipinski definition) is 1. The molecule has 1 aliphatic heterocycles. The summed E-state index contributed by atoms with van der Waals surface area (Å²) < 4.78 is 6.16. The molecule has 3 aromatic rings. The van der Waals surface area contributed by atoms with Gasteiger partial charge in [0.1, 0.15) is 5.75 Å². The zero-order chi connectivity index (χ0) is 18.8. The van der Waals surface area contributed by atoms with Crippen molar-refractivity contribution >= 4 is 38.5 Å². The Morgan fingerprint density at radius 1 is 1.30 bits per heavy atom. The molecule has 138 valence electrons. The van der Waals surface area contributed by atoms with E-state index in [0.29, 0.717) is 18.2 Å².